The van der Waals surface area contributed by atoms with Gasteiger partial charge in [-0.05, 0) is 68.1 Å². The zero-order valence-electron chi connectivity index (χ0n) is 20.6. The second-order valence-corrected chi connectivity index (χ2v) is 11.1. The van der Waals surface area contributed by atoms with Crippen LogP contribution in [0.5, 0.6) is 5.75 Å². The summed E-state index contributed by atoms with van der Waals surface area (Å²) in [6.45, 7) is 2.43. The van der Waals surface area contributed by atoms with Gasteiger partial charge in [0.05, 0.1) is 12.6 Å². The first-order valence-corrected chi connectivity index (χ1v) is 12.9. The Morgan fingerprint density at radius 2 is 2.11 bits per heavy atom. The summed E-state index contributed by atoms with van der Waals surface area (Å²) in [5, 5.41) is 18.6. The van der Waals surface area contributed by atoms with Crippen LogP contribution in [0.3, 0.4) is 0 Å². The van der Waals surface area contributed by atoms with E-state index in [2.05, 4.69) is 20.9 Å². The third-order valence-electron chi connectivity index (χ3n) is 9.08. The summed E-state index contributed by atoms with van der Waals surface area (Å²) < 4.78 is 5.41. The smallest absolute Gasteiger partial charge is 0.268 e. The number of ether oxygens (including phenoxy) is 1. The van der Waals surface area contributed by atoms with E-state index in [-0.39, 0.29) is 29.6 Å². The van der Waals surface area contributed by atoms with Crippen LogP contribution in [0.1, 0.15) is 49.5 Å². The summed E-state index contributed by atoms with van der Waals surface area (Å²) in [7, 11) is 1.59. The molecule has 9 nitrogen and oxygen atoms in total. The SMILES string of the molecule is COc1cccc2[nH]c(C(=O)N[C@@H](CC3CC3)C(=O)N[C@@]3(C(C)=N)CC4C[C@H]3[C@H]3C(=O)NC[C@@H]43)cc12. The van der Waals surface area contributed by atoms with Gasteiger partial charge in [0.15, 0.2) is 0 Å². The van der Waals surface area contributed by atoms with Gasteiger partial charge in [0.1, 0.15) is 17.5 Å². The molecule has 9 heteroatoms. The number of hydrogen-bond donors (Lipinski definition) is 5. The second kappa shape index (κ2) is 8.35. The van der Waals surface area contributed by atoms with E-state index in [4.69, 9.17) is 10.1 Å². The molecule has 4 aliphatic rings. The molecule has 0 radical (unpaired) electrons. The Balaban J connectivity index is 1.23. The molecule has 2 heterocycles. The maximum absolute atomic E-state index is 13.7. The predicted octanol–water partition coefficient (Wildman–Crippen LogP) is 2.37. The fourth-order valence-corrected chi connectivity index (χ4v) is 7.11. The van der Waals surface area contributed by atoms with Crippen molar-refractivity contribution >= 4 is 34.3 Å². The van der Waals surface area contributed by atoms with Crippen LogP contribution in [0, 0.1) is 35.0 Å². The molecule has 5 N–H and O–H groups in total. The highest BCUT2D eigenvalue weighted by Crippen LogP contribution is 2.58. The number of nitrogens with one attached hydrogen (secondary N) is 5. The Kier molecular flexibility index (Phi) is 5.35. The van der Waals surface area contributed by atoms with Crippen molar-refractivity contribution in [3.63, 3.8) is 0 Å². The molecule has 1 aromatic heterocycles. The molecular formula is C27H33N5O4. The maximum Gasteiger partial charge on any atom is 0.268 e. The van der Waals surface area contributed by atoms with E-state index in [0.717, 1.165) is 30.2 Å². The molecule has 1 saturated heterocycles. The van der Waals surface area contributed by atoms with Crippen LogP contribution in [-0.2, 0) is 9.59 Å². The Morgan fingerprint density at radius 1 is 1.31 bits per heavy atom. The number of carbonyl (C=O) groups is 3. The Morgan fingerprint density at radius 3 is 2.83 bits per heavy atom. The standard InChI is InChI=1S/C27H33N5O4/c1-13(28)27(11-15-9-18(27)23-17(15)12-29-26(23)35)32-25(34)20(8-14-6-7-14)31-24(33)21-10-16-19(30-21)4-3-5-22(16)36-2/h3-5,10,14-15,17-18,20,23,28,30H,6-9,11-12H2,1-2H3,(H,29,35)(H,31,33)(H,32,34)/t15?,17-,18-,20-,23-,27+/m0/s1. The Labute approximate surface area is 209 Å². The highest BCUT2D eigenvalue weighted by Gasteiger charge is 2.65. The first kappa shape index (κ1) is 23.1. The van der Waals surface area contributed by atoms with Crippen molar-refractivity contribution in [2.75, 3.05) is 13.7 Å². The number of hydrogen-bond acceptors (Lipinski definition) is 5. The fraction of sp³-hybridized carbons (Fsp3) is 0.556. The number of amides is 3. The van der Waals surface area contributed by atoms with E-state index in [0.29, 0.717) is 54.3 Å². The summed E-state index contributed by atoms with van der Waals surface area (Å²) in [4.78, 5) is 42.7. The number of fused-ring (bicyclic) bond motifs is 6. The number of rotatable bonds is 8. The fourth-order valence-electron chi connectivity index (χ4n) is 7.11. The number of carbonyl (C=O) groups excluding carboxylic acids is 3. The molecule has 3 aliphatic carbocycles. The lowest BCUT2D eigenvalue weighted by Crippen LogP contribution is -2.63. The van der Waals surface area contributed by atoms with Crippen molar-refractivity contribution in [2.45, 2.75) is 50.6 Å². The molecule has 190 valence electrons. The number of aromatic nitrogens is 1. The van der Waals surface area contributed by atoms with Gasteiger partial charge in [-0.3, -0.25) is 14.4 Å². The monoisotopic (exact) mass is 491 g/mol. The molecule has 3 saturated carbocycles. The van der Waals surface area contributed by atoms with E-state index < -0.39 is 11.6 Å². The summed E-state index contributed by atoms with van der Waals surface area (Å²) in [6.07, 6.45) is 4.20. The first-order valence-electron chi connectivity index (χ1n) is 12.9. The molecule has 1 unspecified atom stereocenters. The summed E-state index contributed by atoms with van der Waals surface area (Å²) >= 11 is 0. The van der Waals surface area contributed by atoms with Gasteiger partial charge in [-0.15, -0.1) is 0 Å². The summed E-state index contributed by atoms with van der Waals surface area (Å²) in [6, 6.07) is 6.60. The average Bonchev–Trinajstić information content (AvgIpc) is 3.18. The molecule has 2 bridgehead atoms. The highest BCUT2D eigenvalue weighted by molar-refractivity contribution is 6.02. The van der Waals surface area contributed by atoms with Crippen molar-refractivity contribution < 1.29 is 19.1 Å². The molecular weight excluding hydrogens is 458 g/mol. The van der Waals surface area contributed by atoms with Crippen LogP contribution < -0.4 is 20.7 Å². The zero-order chi connectivity index (χ0) is 25.2. The summed E-state index contributed by atoms with van der Waals surface area (Å²) in [5.74, 6) is 0.900. The Bertz CT molecular complexity index is 1270. The molecule has 4 fully saturated rings. The largest absolute Gasteiger partial charge is 0.496 e. The van der Waals surface area contributed by atoms with Gasteiger partial charge < -0.3 is 31.1 Å². The van der Waals surface area contributed by atoms with Crippen LogP contribution in [0.2, 0.25) is 0 Å². The molecule has 36 heavy (non-hydrogen) atoms. The molecule has 1 aromatic carbocycles. The predicted molar refractivity (Wildman–Crippen MR) is 134 cm³/mol. The third-order valence-corrected chi connectivity index (χ3v) is 9.08. The first-order chi connectivity index (χ1) is 17.3. The molecule has 0 spiro atoms. The minimum Gasteiger partial charge on any atom is -0.496 e. The lowest BCUT2D eigenvalue weighted by atomic mass is 9.68. The van der Waals surface area contributed by atoms with Gasteiger partial charge in [-0.2, -0.15) is 0 Å². The van der Waals surface area contributed by atoms with E-state index in [9.17, 15) is 14.4 Å². The normalized spacial score (nSPS) is 31.1. The van der Waals surface area contributed by atoms with Crippen molar-refractivity contribution in [3.05, 3.63) is 30.0 Å². The van der Waals surface area contributed by atoms with Gasteiger partial charge in [-0.25, -0.2) is 0 Å². The molecule has 6 atom stereocenters. The molecule has 6 rings (SSSR count). The number of methoxy groups -OCH3 is 1. The molecule has 1 aliphatic heterocycles. The number of H-pyrrole nitrogens is 1. The van der Waals surface area contributed by atoms with Crippen molar-refractivity contribution in [1.82, 2.24) is 20.9 Å². The van der Waals surface area contributed by atoms with Crippen molar-refractivity contribution in [3.8, 4) is 5.75 Å². The summed E-state index contributed by atoms with van der Waals surface area (Å²) in [5.41, 5.74) is 0.714. The molecule has 2 aromatic rings. The molecule has 3 amide bonds. The van der Waals surface area contributed by atoms with Crippen molar-refractivity contribution in [1.29, 1.82) is 5.41 Å². The third kappa shape index (κ3) is 3.59. The Hall–Kier alpha value is -3.36. The van der Waals surface area contributed by atoms with Crippen LogP contribution in [0.15, 0.2) is 24.3 Å². The van der Waals surface area contributed by atoms with E-state index >= 15 is 0 Å². The van der Waals surface area contributed by atoms with Gasteiger partial charge in [0, 0.05) is 29.1 Å². The highest BCUT2D eigenvalue weighted by atomic mass is 16.5. The number of aromatic amines is 1. The van der Waals surface area contributed by atoms with Crippen LogP contribution in [0.4, 0.5) is 0 Å². The van der Waals surface area contributed by atoms with Crippen LogP contribution in [-0.4, -0.2) is 53.7 Å². The lowest BCUT2D eigenvalue weighted by molar-refractivity contribution is -0.128. The minimum absolute atomic E-state index is 0.0455. The van der Waals surface area contributed by atoms with Gasteiger partial charge in [-0.1, -0.05) is 18.9 Å². The van der Waals surface area contributed by atoms with Crippen LogP contribution >= 0.6 is 0 Å². The minimum atomic E-state index is -0.828. The van der Waals surface area contributed by atoms with Gasteiger partial charge in [0.2, 0.25) is 11.8 Å². The lowest BCUT2D eigenvalue weighted by Gasteiger charge is -2.42. The number of benzene rings is 1. The topological polar surface area (TPSA) is 136 Å². The van der Waals surface area contributed by atoms with E-state index in [1.165, 1.54) is 0 Å². The van der Waals surface area contributed by atoms with Crippen molar-refractivity contribution in [2.24, 2.45) is 29.6 Å². The van der Waals surface area contributed by atoms with Crippen LogP contribution in [0.25, 0.3) is 10.9 Å². The van der Waals surface area contributed by atoms with Gasteiger partial charge >= 0.3 is 0 Å². The second-order valence-electron chi connectivity index (χ2n) is 11.1. The maximum atomic E-state index is 13.7. The van der Waals surface area contributed by atoms with E-state index in [1.807, 2.05) is 18.2 Å². The van der Waals surface area contributed by atoms with Gasteiger partial charge in [0.25, 0.3) is 5.91 Å². The van der Waals surface area contributed by atoms with E-state index in [1.54, 1.807) is 20.1 Å². The quantitative estimate of drug-likeness (QED) is 0.362. The average molecular weight is 492 g/mol. The zero-order valence-corrected chi connectivity index (χ0v) is 20.6.